The number of nitrogen functional groups attached to an aromatic ring is 1. The van der Waals surface area contributed by atoms with Gasteiger partial charge >= 0.3 is 0 Å². The molecule has 0 radical (unpaired) electrons. The molecule has 1 fully saturated rings. The molecule has 2 atom stereocenters. The van der Waals surface area contributed by atoms with E-state index >= 15 is 0 Å². The van der Waals surface area contributed by atoms with E-state index in [-0.39, 0.29) is 18.3 Å². The standard InChI is InChI=1S/C27H28N2O5/c28-20-12-14-21(15-13-20)34-24-10-5-4-9-22(24)26(30)23(29-27(31)25-11-6-16-33-25)18-32-17-19-7-2-1-3-8-19/h1-5,7-10,12-15,23,25H,6,11,16-18,28H2,(H,29,31)/t23?,25-/m1/s1. The van der Waals surface area contributed by atoms with Gasteiger partial charge in [-0.3, -0.25) is 9.59 Å². The Labute approximate surface area is 198 Å². The van der Waals surface area contributed by atoms with Crippen molar-refractivity contribution in [3.8, 4) is 11.5 Å². The number of benzene rings is 3. The van der Waals surface area contributed by atoms with E-state index < -0.39 is 12.1 Å². The van der Waals surface area contributed by atoms with Gasteiger partial charge in [-0.05, 0) is 54.8 Å². The molecular weight excluding hydrogens is 432 g/mol. The third-order valence-corrected chi connectivity index (χ3v) is 5.51. The average molecular weight is 461 g/mol. The van der Waals surface area contributed by atoms with Gasteiger partial charge in [0.15, 0.2) is 5.78 Å². The Morgan fingerprint density at radius 1 is 1.00 bits per heavy atom. The molecule has 0 aliphatic carbocycles. The molecule has 1 heterocycles. The lowest BCUT2D eigenvalue weighted by Gasteiger charge is -2.21. The number of nitrogens with one attached hydrogen (secondary N) is 1. The van der Waals surface area contributed by atoms with Crippen molar-refractivity contribution in [2.75, 3.05) is 18.9 Å². The summed E-state index contributed by atoms with van der Waals surface area (Å²) in [7, 11) is 0. The number of rotatable bonds is 10. The van der Waals surface area contributed by atoms with Crippen molar-refractivity contribution in [1.82, 2.24) is 5.32 Å². The maximum Gasteiger partial charge on any atom is 0.249 e. The molecule has 34 heavy (non-hydrogen) atoms. The van der Waals surface area contributed by atoms with Crippen LogP contribution in [0.2, 0.25) is 0 Å². The maximum absolute atomic E-state index is 13.6. The summed E-state index contributed by atoms with van der Waals surface area (Å²) in [5.41, 5.74) is 7.69. The van der Waals surface area contributed by atoms with E-state index in [0.29, 0.717) is 42.4 Å². The minimum absolute atomic E-state index is 0.0163. The molecule has 1 unspecified atom stereocenters. The van der Waals surface area contributed by atoms with Gasteiger partial charge in [-0.15, -0.1) is 0 Å². The van der Waals surface area contributed by atoms with E-state index in [9.17, 15) is 9.59 Å². The first kappa shape index (κ1) is 23.5. The summed E-state index contributed by atoms with van der Waals surface area (Å²) in [4.78, 5) is 26.3. The molecule has 0 aromatic heterocycles. The number of anilines is 1. The summed E-state index contributed by atoms with van der Waals surface area (Å²) in [5.74, 6) is 0.327. The highest BCUT2D eigenvalue weighted by Crippen LogP contribution is 2.27. The molecule has 3 N–H and O–H groups in total. The minimum atomic E-state index is -0.892. The van der Waals surface area contributed by atoms with E-state index in [1.807, 2.05) is 30.3 Å². The predicted molar refractivity (Wildman–Crippen MR) is 129 cm³/mol. The molecule has 176 valence electrons. The number of ether oxygens (including phenoxy) is 3. The zero-order chi connectivity index (χ0) is 23.8. The second-order valence-corrected chi connectivity index (χ2v) is 8.10. The van der Waals surface area contributed by atoms with Crippen molar-refractivity contribution >= 4 is 17.4 Å². The van der Waals surface area contributed by atoms with Gasteiger partial charge in [0, 0.05) is 12.3 Å². The lowest BCUT2D eigenvalue weighted by Crippen LogP contribution is -2.47. The van der Waals surface area contributed by atoms with Gasteiger partial charge in [0.05, 0.1) is 18.8 Å². The molecule has 1 amide bonds. The number of nitrogens with two attached hydrogens (primary N) is 1. The van der Waals surface area contributed by atoms with Crippen LogP contribution in [0, 0.1) is 0 Å². The molecule has 0 saturated carbocycles. The number of Topliss-reactive ketones (excluding diaryl/α,β-unsaturated/α-hetero) is 1. The lowest BCUT2D eigenvalue weighted by molar-refractivity contribution is -0.131. The van der Waals surface area contributed by atoms with Crippen molar-refractivity contribution in [2.24, 2.45) is 0 Å². The number of amides is 1. The summed E-state index contributed by atoms with van der Waals surface area (Å²) in [5, 5.41) is 2.83. The van der Waals surface area contributed by atoms with Gasteiger partial charge in [-0.25, -0.2) is 0 Å². The van der Waals surface area contributed by atoms with Gasteiger partial charge in [0.1, 0.15) is 23.6 Å². The molecule has 0 bridgehead atoms. The zero-order valence-electron chi connectivity index (χ0n) is 18.8. The third-order valence-electron chi connectivity index (χ3n) is 5.51. The number of hydrogen-bond acceptors (Lipinski definition) is 6. The summed E-state index contributed by atoms with van der Waals surface area (Å²) >= 11 is 0. The lowest BCUT2D eigenvalue weighted by atomic mass is 10.0. The van der Waals surface area contributed by atoms with E-state index in [1.54, 1.807) is 48.5 Å². The van der Waals surface area contributed by atoms with Crippen LogP contribution in [-0.4, -0.2) is 37.0 Å². The first-order chi connectivity index (χ1) is 16.6. The van der Waals surface area contributed by atoms with Gasteiger partial charge in [-0.2, -0.15) is 0 Å². The number of ketones is 1. The summed E-state index contributed by atoms with van der Waals surface area (Å²) in [6.45, 7) is 0.881. The van der Waals surface area contributed by atoms with Crippen LogP contribution in [0.5, 0.6) is 11.5 Å². The van der Waals surface area contributed by atoms with E-state index in [2.05, 4.69) is 5.32 Å². The third kappa shape index (κ3) is 6.21. The van der Waals surface area contributed by atoms with Crippen molar-refractivity contribution in [3.05, 3.63) is 90.0 Å². The highest BCUT2D eigenvalue weighted by molar-refractivity contribution is 6.04. The van der Waals surface area contributed by atoms with E-state index in [1.165, 1.54) is 0 Å². The fourth-order valence-electron chi connectivity index (χ4n) is 3.71. The Balaban J connectivity index is 1.51. The summed E-state index contributed by atoms with van der Waals surface area (Å²) in [6.07, 6.45) is 0.902. The molecule has 1 saturated heterocycles. The number of para-hydroxylation sites is 1. The molecule has 4 rings (SSSR count). The average Bonchev–Trinajstić information content (AvgIpc) is 3.41. The molecule has 1 aliphatic heterocycles. The second kappa shape index (κ2) is 11.4. The van der Waals surface area contributed by atoms with Crippen molar-refractivity contribution in [1.29, 1.82) is 0 Å². The van der Waals surface area contributed by atoms with Crippen LogP contribution < -0.4 is 15.8 Å². The van der Waals surface area contributed by atoms with Crippen LogP contribution in [0.25, 0.3) is 0 Å². The molecule has 3 aromatic rings. The molecule has 0 spiro atoms. The maximum atomic E-state index is 13.6. The smallest absolute Gasteiger partial charge is 0.249 e. The van der Waals surface area contributed by atoms with Crippen LogP contribution in [0.3, 0.4) is 0 Å². The van der Waals surface area contributed by atoms with Crippen molar-refractivity contribution in [2.45, 2.75) is 31.6 Å². The Hall–Kier alpha value is -3.68. The van der Waals surface area contributed by atoms with Crippen LogP contribution in [0.4, 0.5) is 5.69 Å². The number of carbonyl (C=O) groups is 2. The van der Waals surface area contributed by atoms with Crippen LogP contribution in [0.15, 0.2) is 78.9 Å². The van der Waals surface area contributed by atoms with Crippen molar-refractivity contribution < 1.29 is 23.8 Å². The predicted octanol–water partition coefficient (Wildman–Crippen LogP) is 4.12. The molecule has 1 aliphatic rings. The first-order valence-electron chi connectivity index (χ1n) is 11.3. The zero-order valence-corrected chi connectivity index (χ0v) is 18.8. The summed E-state index contributed by atoms with van der Waals surface area (Å²) < 4.78 is 17.3. The Bertz CT molecular complexity index is 1100. The minimum Gasteiger partial charge on any atom is -0.457 e. The normalized spacial score (nSPS) is 16.1. The molecular formula is C27H28N2O5. The van der Waals surface area contributed by atoms with Crippen LogP contribution >= 0.6 is 0 Å². The fourth-order valence-corrected chi connectivity index (χ4v) is 3.71. The highest BCUT2D eigenvalue weighted by Gasteiger charge is 2.30. The molecule has 7 nitrogen and oxygen atoms in total. The molecule has 3 aromatic carbocycles. The topological polar surface area (TPSA) is 99.9 Å². The largest absolute Gasteiger partial charge is 0.457 e. The quantitative estimate of drug-likeness (QED) is 0.349. The Morgan fingerprint density at radius 3 is 2.47 bits per heavy atom. The number of carbonyl (C=O) groups excluding carboxylic acids is 2. The Morgan fingerprint density at radius 2 is 1.74 bits per heavy atom. The Kier molecular flexibility index (Phi) is 7.91. The van der Waals surface area contributed by atoms with Gasteiger partial charge in [0.2, 0.25) is 5.91 Å². The molecule has 7 heteroatoms. The van der Waals surface area contributed by atoms with E-state index in [0.717, 1.165) is 12.0 Å². The van der Waals surface area contributed by atoms with Crippen molar-refractivity contribution in [3.63, 3.8) is 0 Å². The van der Waals surface area contributed by atoms with Gasteiger partial charge < -0.3 is 25.3 Å². The first-order valence-corrected chi connectivity index (χ1v) is 11.3. The van der Waals surface area contributed by atoms with Gasteiger partial charge in [-0.1, -0.05) is 42.5 Å². The summed E-state index contributed by atoms with van der Waals surface area (Å²) in [6, 6.07) is 22.6. The monoisotopic (exact) mass is 460 g/mol. The van der Waals surface area contributed by atoms with Gasteiger partial charge in [0.25, 0.3) is 0 Å². The number of hydrogen-bond donors (Lipinski definition) is 2. The SMILES string of the molecule is Nc1ccc(Oc2ccccc2C(=O)C(COCc2ccccc2)NC(=O)[C@H]2CCCO2)cc1. The second-order valence-electron chi connectivity index (χ2n) is 8.10. The van der Waals surface area contributed by atoms with Crippen LogP contribution in [0.1, 0.15) is 28.8 Å². The highest BCUT2D eigenvalue weighted by atomic mass is 16.5. The fraction of sp³-hybridized carbons (Fsp3) is 0.259. The van der Waals surface area contributed by atoms with Crippen LogP contribution in [-0.2, 0) is 20.9 Å². The van der Waals surface area contributed by atoms with E-state index in [4.69, 9.17) is 19.9 Å².